The lowest BCUT2D eigenvalue weighted by molar-refractivity contribution is -0.121. The molecule has 0 aliphatic heterocycles. The Morgan fingerprint density at radius 1 is 1.24 bits per heavy atom. The van der Waals surface area contributed by atoms with Crippen molar-refractivity contribution in [2.24, 2.45) is 11.8 Å². The Hall–Kier alpha value is -1.92. The SMILES string of the molecule is CC(C)CCNC(=O)Cn1nnc(C(=O)O)c1CC(C)C. The molecule has 0 bridgehead atoms. The molecule has 0 radical (unpaired) electrons. The van der Waals surface area contributed by atoms with E-state index in [0.717, 1.165) is 6.42 Å². The molecule has 1 aromatic heterocycles. The average molecular weight is 296 g/mol. The molecule has 0 saturated carbocycles. The molecular formula is C14H24N4O3. The molecule has 0 atom stereocenters. The second kappa shape index (κ2) is 7.75. The van der Waals surface area contributed by atoms with E-state index in [1.54, 1.807) is 0 Å². The van der Waals surface area contributed by atoms with E-state index in [4.69, 9.17) is 5.11 Å². The van der Waals surface area contributed by atoms with Gasteiger partial charge in [0.25, 0.3) is 0 Å². The summed E-state index contributed by atoms with van der Waals surface area (Å²) in [5.41, 5.74) is 0.426. The maximum atomic E-state index is 11.9. The van der Waals surface area contributed by atoms with Gasteiger partial charge in [0.2, 0.25) is 5.91 Å². The number of carboxylic acids is 1. The van der Waals surface area contributed by atoms with Gasteiger partial charge in [-0.15, -0.1) is 5.10 Å². The summed E-state index contributed by atoms with van der Waals surface area (Å²) in [4.78, 5) is 23.0. The number of aromatic nitrogens is 3. The van der Waals surface area contributed by atoms with Crippen LogP contribution in [0.2, 0.25) is 0 Å². The van der Waals surface area contributed by atoms with Crippen LogP contribution in [0.25, 0.3) is 0 Å². The summed E-state index contributed by atoms with van der Waals surface area (Å²) in [6, 6.07) is 0. The smallest absolute Gasteiger partial charge is 0.358 e. The molecule has 7 nitrogen and oxygen atoms in total. The molecule has 1 rings (SSSR count). The zero-order valence-corrected chi connectivity index (χ0v) is 13.1. The van der Waals surface area contributed by atoms with Crippen LogP contribution in [0, 0.1) is 11.8 Å². The first-order valence-corrected chi connectivity index (χ1v) is 7.23. The molecular weight excluding hydrogens is 272 g/mol. The van der Waals surface area contributed by atoms with E-state index in [2.05, 4.69) is 29.5 Å². The third-order valence-corrected chi connectivity index (χ3v) is 2.98. The van der Waals surface area contributed by atoms with Gasteiger partial charge in [0.1, 0.15) is 6.54 Å². The second-order valence-electron chi connectivity index (χ2n) is 5.98. The third-order valence-electron chi connectivity index (χ3n) is 2.98. The maximum absolute atomic E-state index is 11.9. The zero-order chi connectivity index (χ0) is 16.0. The highest BCUT2D eigenvalue weighted by Crippen LogP contribution is 2.12. The molecule has 0 spiro atoms. The van der Waals surface area contributed by atoms with E-state index in [-0.39, 0.29) is 24.1 Å². The van der Waals surface area contributed by atoms with Gasteiger partial charge in [-0.3, -0.25) is 4.79 Å². The minimum absolute atomic E-state index is 0.000425. The molecule has 7 heteroatoms. The fourth-order valence-corrected chi connectivity index (χ4v) is 1.91. The van der Waals surface area contributed by atoms with Crippen LogP contribution < -0.4 is 5.32 Å². The number of carboxylic acid groups (broad SMARTS) is 1. The summed E-state index contributed by atoms with van der Waals surface area (Å²) in [5.74, 6) is -0.518. The minimum Gasteiger partial charge on any atom is -0.476 e. The monoisotopic (exact) mass is 296 g/mol. The van der Waals surface area contributed by atoms with Gasteiger partial charge in [-0.1, -0.05) is 32.9 Å². The van der Waals surface area contributed by atoms with E-state index in [9.17, 15) is 9.59 Å². The van der Waals surface area contributed by atoms with Crippen LogP contribution in [0.15, 0.2) is 0 Å². The first kappa shape index (κ1) is 17.1. The average Bonchev–Trinajstić information content (AvgIpc) is 2.71. The number of carbonyl (C=O) groups excluding carboxylic acids is 1. The van der Waals surface area contributed by atoms with Crippen molar-refractivity contribution in [3.05, 3.63) is 11.4 Å². The van der Waals surface area contributed by atoms with E-state index in [1.807, 2.05) is 13.8 Å². The highest BCUT2D eigenvalue weighted by atomic mass is 16.4. The van der Waals surface area contributed by atoms with Gasteiger partial charge in [0.05, 0.1) is 5.69 Å². The number of amides is 1. The summed E-state index contributed by atoms with van der Waals surface area (Å²) in [7, 11) is 0. The number of hydrogen-bond donors (Lipinski definition) is 2. The van der Waals surface area contributed by atoms with Crippen LogP contribution >= 0.6 is 0 Å². The lowest BCUT2D eigenvalue weighted by Crippen LogP contribution is -2.30. The lowest BCUT2D eigenvalue weighted by Gasteiger charge is -2.10. The quantitative estimate of drug-likeness (QED) is 0.754. The van der Waals surface area contributed by atoms with Gasteiger partial charge in [-0.2, -0.15) is 0 Å². The predicted molar refractivity (Wildman–Crippen MR) is 78.0 cm³/mol. The second-order valence-corrected chi connectivity index (χ2v) is 5.98. The number of nitrogens with zero attached hydrogens (tertiary/aromatic N) is 3. The molecule has 118 valence electrons. The zero-order valence-electron chi connectivity index (χ0n) is 13.1. The lowest BCUT2D eigenvalue weighted by atomic mass is 10.1. The normalized spacial score (nSPS) is 11.1. The minimum atomic E-state index is -1.11. The Balaban J connectivity index is 2.73. The molecule has 0 aromatic carbocycles. The van der Waals surface area contributed by atoms with Gasteiger partial charge in [-0.05, 0) is 24.7 Å². The molecule has 1 aromatic rings. The Morgan fingerprint density at radius 2 is 1.90 bits per heavy atom. The first-order chi connectivity index (χ1) is 9.81. The van der Waals surface area contributed by atoms with E-state index in [0.29, 0.717) is 24.6 Å². The number of nitrogens with one attached hydrogen (secondary N) is 1. The van der Waals surface area contributed by atoms with Crippen molar-refractivity contribution in [2.75, 3.05) is 6.54 Å². The Labute approximate surface area is 124 Å². The highest BCUT2D eigenvalue weighted by molar-refractivity contribution is 5.86. The highest BCUT2D eigenvalue weighted by Gasteiger charge is 2.20. The first-order valence-electron chi connectivity index (χ1n) is 7.23. The van der Waals surface area contributed by atoms with Crippen LogP contribution in [0.1, 0.15) is 50.3 Å². The van der Waals surface area contributed by atoms with Crippen molar-refractivity contribution in [2.45, 2.75) is 47.1 Å². The molecule has 21 heavy (non-hydrogen) atoms. The molecule has 1 heterocycles. The Bertz CT molecular complexity index is 494. The predicted octanol–water partition coefficient (Wildman–Crippen LogP) is 1.34. The summed E-state index contributed by atoms with van der Waals surface area (Å²) in [5, 5.41) is 19.4. The molecule has 0 aliphatic carbocycles. The molecule has 0 saturated heterocycles. The summed E-state index contributed by atoms with van der Waals surface area (Å²) in [6.45, 7) is 8.74. The van der Waals surface area contributed by atoms with Gasteiger partial charge >= 0.3 is 5.97 Å². The number of hydrogen-bond acceptors (Lipinski definition) is 4. The summed E-state index contributed by atoms with van der Waals surface area (Å²) < 4.78 is 1.38. The van der Waals surface area contributed by atoms with Crippen molar-refractivity contribution in [3.63, 3.8) is 0 Å². The van der Waals surface area contributed by atoms with Crippen molar-refractivity contribution < 1.29 is 14.7 Å². The van der Waals surface area contributed by atoms with Crippen LogP contribution in [0.3, 0.4) is 0 Å². The summed E-state index contributed by atoms with van der Waals surface area (Å²) >= 11 is 0. The van der Waals surface area contributed by atoms with Crippen LogP contribution in [-0.4, -0.2) is 38.5 Å². The Morgan fingerprint density at radius 3 is 2.43 bits per heavy atom. The molecule has 0 unspecified atom stereocenters. The van der Waals surface area contributed by atoms with Crippen molar-refractivity contribution in [1.29, 1.82) is 0 Å². The molecule has 0 fully saturated rings. The van der Waals surface area contributed by atoms with Crippen LogP contribution in [0.5, 0.6) is 0 Å². The number of carbonyl (C=O) groups is 2. The fraction of sp³-hybridized carbons (Fsp3) is 0.714. The van der Waals surface area contributed by atoms with Crippen molar-refractivity contribution in [3.8, 4) is 0 Å². The maximum Gasteiger partial charge on any atom is 0.358 e. The third kappa shape index (κ3) is 5.53. The van der Waals surface area contributed by atoms with Gasteiger partial charge in [-0.25, -0.2) is 9.48 Å². The number of rotatable bonds is 8. The molecule has 1 amide bonds. The van der Waals surface area contributed by atoms with Crippen molar-refractivity contribution in [1.82, 2.24) is 20.3 Å². The van der Waals surface area contributed by atoms with E-state index in [1.165, 1.54) is 4.68 Å². The van der Waals surface area contributed by atoms with Crippen LogP contribution in [0.4, 0.5) is 0 Å². The molecule has 2 N–H and O–H groups in total. The Kier molecular flexibility index (Phi) is 6.33. The number of aromatic carboxylic acids is 1. The molecule has 0 aliphatic rings. The van der Waals surface area contributed by atoms with E-state index < -0.39 is 5.97 Å². The fourth-order valence-electron chi connectivity index (χ4n) is 1.91. The topological polar surface area (TPSA) is 97.1 Å². The summed E-state index contributed by atoms with van der Waals surface area (Å²) in [6.07, 6.45) is 1.43. The van der Waals surface area contributed by atoms with Crippen molar-refractivity contribution >= 4 is 11.9 Å². The van der Waals surface area contributed by atoms with E-state index >= 15 is 0 Å². The largest absolute Gasteiger partial charge is 0.476 e. The van der Waals surface area contributed by atoms with Crippen LogP contribution in [-0.2, 0) is 17.8 Å². The van der Waals surface area contributed by atoms with Gasteiger partial charge < -0.3 is 10.4 Å². The van der Waals surface area contributed by atoms with Gasteiger partial charge in [0.15, 0.2) is 5.69 Å². The van der Waals surface area contributed by atoms with Gasteiger partial charge in [0, 0.05) is 6.54 Å². The standard InChI is InChI=1S/C14H24N4O3/c1-9(2)5-6-15-12(19)8-18-11(7-10(3)4)13(14(20)21)16-17-18/h9-10H,5-8H2,1-4H3,(H,15,19)(H,20,21).